The van der Waals surface area contributed by atoms with Gasteiger partial charge in [0.2, 0.25) is 0 Å². The molecule has 0 bridgehead atoms. The van der Waals surface area contributed by atoms with Gasteiger partial charge in [0.05, 0.1) is 14.2 Å². The van der Waals surface area contributed by atoms with Crippen LogP contribution in [-0.4, -0.2) is 14.2 Å². The molecule has 4 heteroatoms. The van der Waals surface area contributed by atoms with Gasteiger partial charge in [-0.2, -0.15) is 0 Å². The Kier molecular flexibility index (Phi) is 3.71. The van der Waals surface area contributed by atoms with Gasteiger partial charge in [-0.15, -0.1) is 0 Å². The second-order valence-corrected chi connectivity index (χ2v) is 5.13. The van der Waals surface area contributed by atoms with E-state index in [0.29, 0.717) is 0 Å². The lowest BCUT2D eigenvalue weighted by Crippen LogP contribution is -2.24. The van der Waals surface area contributed by atoms with E-state index in [2.05, 4.69) is 0 Å². The van der Waals surface area contributed by atoms with Crippen LogP contribution in [0.25, 0.3) is 0 Å². The highest BCUT2D eigenvalue weighted by atomic mass is 16.5. The largest absolute Gasteiger partial charge is 0.497 e. The lowest BCUT2D eigenvalue weighted by Gasteiger charge is -2.30. The summed E-state index contributed by atoms with van der Waals surface area (Å²) in [6.07, 6.45) is 0.707. The molecule has 0 aromatic heterocycles. The number of benzene rings is 2. The Morgan fingerprint density at radius 3 is 2.33 bits per heavy atom. The number of fused-ring (bicyclic) bond motifs is 1. The van der Waals surface area contributed by atoms with Crippen molar-refractivity contribution in [1.82, 2.24) is 0 Å². The van der Waals surface area contributed by atoms with Crippen molar-refractivity contribution in [1.29, 1.82) is 0 Å². The van der Waals surface area contributed by atoms with Gasteiger partial charge in [-0.25, -0.2) is 0 Å². The predicted octanol–water partition coefficient (Wildman–Crippen LogP) is 3.23. The molecule has 0 saturated heterocycles. The standard InChI is InChI=1S/C17H19NO3/c1-19-12-5-3-11(4-6-12)17-10-15(18)14-9-13(20-2)7-8-16(14)21-17/h3-9,15,17H,10,18H2,1-2H3/t15-,17?/m0/s1. The summed E-state index contributed by atoms with van der Waals surface area (Å²) in [5, 5.41) is 0. The topological polar surface area (TPSA) is 53.7 Å². The lowest BCUT2D eigenvalue weighted by atomic mass is 9.93. The molecule has 3 rings (SSSR count). The minimum absolute atomic E-state index is 0.0354. The van der Waals surface area contributed by atoms with E-state index < -0.39 is 0 Å². The van der Waals surface area contributed by atoms with E-state index >= 15 is 0 Å². The van der Waals surface area contributed by atoms with Crippen molar-refractivity contribution >= 4 is 0 Å². The first-order valence-corrected chi connectivity index (χ1v) is 6.95. The molecule has 110 valence electrons. The van der Waals surface area contributed by atoms with Gasteiger partial charge < -0.3 is 19.9 Å². The lowest BCUT2D eigenvalue weighted by molar-refractivity contribution is 0.161. The van der Waals surface area contributed by atoms with Crippen molar-refractivity contribution in [2.24, 2.45) is 5.73 Å². The van der Waals surface area contributed by atoms with Gasteiger partial charge in [0.25, 0.3) is 0 Å². The zero-order chi connectivity index (χ0) is 14.8. The van der Waals surface area contributed by atoms with Crippen LogP contribution in [0, 0.1) is 0 Å². The van der Waals surface area contributed by atoms with Crippen LogP contribution >= 0.6 is 0 Å². The molecule has 1 unspecified atom stereocenters. The third-order valence-corrected chi connectivity index (χ3v) is 3.84. The molecule has 21 heavy (non-hydrogen) atoms. The van der Waals surface area contributed by atoms with Crippen LogP contribution in [0.2, 0.25) is 0 Å². The summed E-state index contributed by atoms with van der Waals surface area (Å²) in [7, 11) is 3.31. The Hall–Kier alpha value is -2.20. The van der Waals surface area contributed by atoms with Crippen molar-refractivity contribution in [3.8, 4) is 17.2 Å². The Morgan fingerprint density at radius 1 is 1.00 bits per heavy atom. The third-order valence-electron chi connectivity index (χ3n) is 3.84. The molecule has 0 amide bonds. The molecular formula is C17H19NO3. The summed E-state index contributed by atoms with van der Waals surface area (Å²) in [4.78, 5) is 0. The molecule has 0 fully saturated rings. The summed E-state index contributed by atoms with van der Waals surface area (Å²) in [6.45, 7) is 0. The van der Waals surface area contributed by atoms with Crippen LogP contribution in [0.4, 0.5) is 0 Å². The van der Waals surface area contributed by atoms with Crippen LogP contribution < -0.4 is 19.9 Å². The van der Waals surface area contributed by atoms with Crippen molar-refractivity contribution in [3.05, 3.63) is 53.6 Å². The SMILES string of the molecule is COc1ccc(C2C[C@H](N)c3cc(OC)ccc3O2)cc1. The summed E-state index contributed by atoms with van der Waals surface area (Å²) >= 11 is 0. The van der Waals surface area contributed by atoms with E-state index in [-0.39, 0.29) is 12.1 Å². The Balaban J connectivity index is 1.87. The van der Waals surface area contributed by atoms with Crippen LogP contribution in [-0.2, 0) is 0 Å². The highest BCUT2D eigenvalue weighted by molar-refractivity contribution is 5.44. The molecule has 0 spiro atoms. The van der Waals surface area contributed by atoms with Crippen molar-refractivity contribution < 1.29 is 14.2 Å². The van der Waals surface area contributed by atoms with E-state index in [9.17, 15) is 0 Å². The fourth-order valence-corrected chi connectivity index (χ4v) is 2.63. The van der Waals surface area contributed by atoms with Crippen LogP contribution in [0.1, 0.15) is 29.7 Å². The van der Waals surface area contributed by atoms with Crippen LogP contribution in [0.15, 0.2) is 42.5 Å². The Labute approximate surface area is 124 Å². The normalized spacial score (nSPS) is 20.3. The van der Waals surface area contributed by atoms with Gasteiger partial charge in [-0.3, -0.25) is 0 Å². The molecule has 1 aliphatic rings. The predicted molar refractivity (Wildman–Crippen MR) is 80.9 cm³/mol. The molecule has 1 aliphatic heterocycles. The van der Waals surface area contributed by atoms with E-state index in [0.717, 1.165) is 34.8 Å². The van der Waals surface area contributed by atoms with Gasteiger partial charge >= 0.3 is 0 Å². The highest BCUT2D eigenvalue weighted by Crippen LogP contribution is 2.41. The Morgan fingerprint density at radius 2 is 1.67 bits per heavy atom. The summed E-state index contributed by atoms with van der Waals surface area (Å²) in [6, 6.07) is 13.6. The zero-order valence-electron chi connectivity index (χ0n) is 12.2. The first kappa shape index (κ1) is 13.8. The second kappa shape index (κ2) is 5.66. The summed E-state index contributed by atoms with van der Waals surface area (Å²) < 4.78 is 16.5. The minimum Gasteiger partial charge on any atom is -0.497 e. The van der Waals surface area contributed by atoms with E-state index in [4.69, 9.17) is 19.9 Å². The molecule has 2 aromatic carbocycles. The number of hydrogen-bond acceptors (Lipinski definition) is 4. The maximum absolute atomic E-state index is 6.29. The summed E-state index contributed by atoms with van der Waals surface area (Å²) in [5.41, 5.74) is 8.40. The van der Waals surface area contributed by atoms with Gasteiger partial charge in [-0.05, 0) is 35.9 Å². The molecule has 2 aromatic rings. The van der Waals surface area contributed by atoms with Crippen LogP contribution in [0.5, 0.6) is 17.2 Å². The number of ether oxygens (including phenoxy) is 3. The van der Waals surface area contributed by atoms with Crippen molar-refractivity contribution in [2.75, 3.05) is 14.2 Å². The molecule has 1 heterocycles. The first-order chi connectivity index (χ1) is 10.2. The van der Waals surface area contributed by atoms with Gasteiger partial charge in [-0.1, -0.05) is 12.1 Å². The number of rotatable bonds is 3. The zero-order valence-corrected chi connectivity index (χ0v) is 12.2. The van der Waals surface area contributed by atoms with E-state index in [1.165, 1.54) is 0 Å². The van der Waals surface area contributed by atoms with Crippen molar-refractivity contribution in [2.45, 2.75) is 18.6 Å². The smallest absolute Gasteiger partial charge is 0.126 e. The average molecular weight is 285 g/mol. The average Bonchev–Trinajstić information content (AvgIpc) is 2.54. The van der Waals surface area contributed by atoms with E-state index in [1.807, 2.05) is 42.5 Å². The van der Waals surface area contributed by atoms with Crippen LogP contribution in [0.3, 0.4) is 0 Å². The molecule has 2 N–H and O–H groups in total. The quantitative estimate of drug-likeness (QED) is 0.940. The molecule has 2 atom stereocenters. The van der Waals surface area contributed by atoms with Gasteiger partial charge in [0.15, 0.2) is 0 Å². The number of hydrogen-bond donors (Lipinski definition) is 1. The molecule has 0 radical (unpaired) electrons. The first-order valence-electron chi connectivity index (χ1n) is 6.95. The highest BCUT2D eigenvalue weighted by Gasteiger charge is 2.27. The summed E-state index contributed by atoms with van der Waals surface area (Å²) in [5.74, 6) is 2.47. The van der Waals surface area contributed by atoms with Crippen molar-refractivity contribution in [3.63, 3.8) is 0 Å². The fourth-order valence-electron chi connectivity index (χ4n) is 2.63. The number of methoxy groups -OCH3 is 2. The maximum atomic E-state index is 6.29. The third kappa shape index (κ3) is 2.67. The molecule has 4 nitrogen and oxygen atoms in total. The van der Waals surface area contributed by atoms with E-state index in [1.54, 1.807) is 14.2 Å². The maximum Gasteiger partial charge on any atom is 0.126 e. The molecule has 0 saturated carbocycles. The monoisotopic (exact) mass is 285 g/mol. The minimum atomic E-state index is -0.0593. The molecule has 0 aliphatic carbocycles. The van der Waals surface area contributed by atoms with Gasteiger partial charge in [0.1, 0.15) is 23.4 Å². The Bertz CT molecular complexity index is 624. The van der Waals surface area contributed by atoms with Gasteiger partial charge in [0, 0.05) is 18.0 Å². The molecular weight excluding hydrogens is 266 g/mol. The second-order valence-electron chi connectivity index (χ2n) is 5.13. The number of nitrogens with two attached hydrogens (primary N) is 1. The fraction of sp³-hybridized carbons (Fsp3) is 0.294.